The summed E-state index contributed by atoms with van der Waals surface area (Å²) in [6.45, 7) is 10.2. The van der Waals surface area contributed by atoms with Crippen LogP contribution in [0.5, 0.6) is 5.75 Å². The number of aromatic nitrogens is 3. The van der Waals surface area contributed by atoms with Crippen molar-refractivity contribution in [2.75, 3.05) is 17.7 Å². The van der Waals surface area contributed by atoms with Gasteiger partial charge in [-0.1, -0.05) is 37.2 Å². The Labute approximate surface area is 182 Å². The summed E-state index contributed by atoms with van der Waals surface area (Å²) in [5, 5.41) is 8.66. The molecule has 1 N–H and O–H groups in total. The van der Waals surface area contributed by atoms with E-state index in [1.165, 1.54) is 0 Å². The molecule has 2 heterocycles. The average Bonchev–Trinajstić information content (AvgIpc) is 3.09. The summed E-state index contributed by atoms with van der Waals surface area (Å²) in [5.41, 5.74) is 2.14. The van der Waals surface area contributed by atoms with E-state index < -0.39 is 6.04 Å². The number of unbranched alkanes of at least 4 members (excludes halogenated alkanes) is 1. The van der Waals surface area contributed by atoms with Crippen LogP contribution < -0.4 is 10.1 Å². The largest absolute Gasteiger partial charge is 0.494 e. The summed E-state index contributed by atoms with van der Waals surface area (Å²) < 4.78 is 13.0. The molecule has 0 fully saturated rings. The maximum atomic E-state index is 13.0. The van der Waals surface area contributed by atoms with Crippen molar-refractivity contribution in [1.29, 1.82) is 0 Å². The Morgan fingerprint density at radius 2 is 2.13 bits per heavy atom. The zero-order valence-electron chi connectivity index (χ0n) is 18.3. The van der Waals surface area contributed by atoms with Crippen LogP contribution in [-0.2, 0) is 9.53 Å². The highest BCUT2D eigenvalue weighted by molar-refractivity contribution is 7.99. The lowest BCUT2D eigenvalue weighted by Crippen LogP contribution is -2.30. The number of nitrogens with zero attached hydrogens (tertiary/aromatic N) is 3. The predicted octanol–water partition coefficient (Wildman–Crippen LogP) is 4.81. The third-order valence-electron chi connectivity index (χ3n) is 4.61. The van der Waals surface area contributed by atoms with Crippen LogP contribution in [0.25, 0.3) is 0 Å². The Morgan fingerprint density at radius 1 is 1.33 bits per heavy atom. The summed E-state index contributed by atoms with van der Waals surface area (Å²) in [6, 6.07) is 7.32. The molecule has 30 heavy (non-hydrogen) atoms. The van der Waals surface area contributed by atoms with E-state index in [4.69, 9.17) is 14.6 Å². The normalized spacial score (nSPS) is 15.7. The molecule has 162 valence electrons. The fraction of sp³-hybridized carbons (Fsp3) is 0.500. The van der Waals surface area contributed by atoms with Crippen LogP contribution in [0.2, 0.25) is 0 Å². The van der Waals surface area contributed by atoms with Crippen molar-refractivity contribution >= 4 is 23.7 Å². The van der Waals surface area contributed by atoms with Gasteiger partial charge in [-0.3, -0.25) is 0 Å². The number of fused-ring (bicyclic) bond motifs is 1. The van der Waals surface area contributed by atoms with Gasteiger partial charge in [0.2, 0.25) is 11.1 Å². The molecule has 0 radical (unpaired) electrons. The number of esters is 1. The highest BCUT2D eigenvalue weighted by Gasteiger charge is 2.35. The summed E-state index contributed by atoms with van der Waals surface area (Å²) in [6.07, 6.45) is 2.01. The first-order valence-corrected chi connectivity index (χ1v) is 11.4. The number of allylic oxidation sites excluding steroid dienone is 1. The molecule has 1 aromatic carbocycles. The van der Waals surface area contributed by atoms with Gasteiger partial charge in [0.1, 0.15) is 11.8 Å². The van der Waals surface area contributed by atoms with Gasteiger partial charge in [-0.2, -0.15) is 4.98 Å². The van der Waals surface area contributed by atoms with Gasteiger partial charge in [0, 0.05) is 11.4 Å². The lowest BCUT2D eigenvalue weighted by Gasteiger charge is -2.28. The van der Waals surface area contributed by atoms with Crippen molar-refractivity contribution in [2.24, 2.45) is 0 Å². The number of anilines is 1. The predicted molar refractivity (Wildman–Crippen MR) is 119 cm³/mol. The van der Waals surface area contributed by atoms with Gasteiger partial charge < -0.3 is 14.8 Å². The molecule has 0 amide bonds. The van der Waals surface area contributed by atoms with Crippen LogP contribution in [0.3, 0.4) is 0 Å². The van der Waals surface area contributed by atoms with Gasteiger partial charge in [-0.15, -0.1) is 5.10 Å². The fourth-order valence-electron chi connectivity index (χ4n) is 3.29. The number of ether oxygens (including phenoxy) is 2. The smallest absolute Gasteiger partial charge is 0.338 e. The van der Waals surface area contributed by atoms with Crippen molar-refractivity contribution in [1.82, 2.24) is 14.8 Å². The molecule has 1 aliphatic rings. The molecular weight excluding hydrogens is 400 g/mol. The van der Waals surface area contributed by atoms with Gasteiger partial charge in [-0.25, -0.2) is 9.48 Å². The number of nitrogens with one attached hydrogen (secondary N) is 1. The van der Waals surface area contributed by atoms with Crippen LogP contribution in [-0.4, -0.2) is 39.2 Å². The highest BCUT2D eigenvalue weighted by Crippen LogP contribution is 2.37. The molecule has 0 bridgehead atoms. The fourth-order valence-corrected chi connectivity index (χ4v) is 4.20. The minimum atomic E-state index is -0.444. The SMILES string of the molecule is CCCCSc1nc2n(n1)C(c1cccc(OCC)c1)C(C(=O)OC(C)C)=C(C)N2. The Morgan fingerprint density at radius 3 is 2.83 bits per heavy atom. The van der Waals surface area contributed by atoms with Gasteiger partial charge in [0.05, 0.1) is 18.3 Å². The van der Waals surface area contributed by atoms with Gasteiger partial charge in [-0.05, 0) is 51.8 Å². The summed E-state index contributed by atoms with van der Waals surface area (Å²) in [4.78, 5) is 17.7. The summed E-state index contributed by atoms with van der Waals surface area (Å²) >= 11 is 1.63. The first-order chi connectivity index (χ1) is 14.4. The van der Waals surface area contributed by atoms with Crippen molar-refractivity contribution in [2.45, 2.75) is 64.8 Å². The van der Waals surface area contributed by atoms with E-state index in [0.29, 0.717) is 23.3 Å². The molecule has 1 unspecified atom stereocenters. The number of thioether (sulfide) groups is 1. The lowest BCUT2D eigenvalue weighted by molar-refractivity contribution is -0.143. The summed E-state index contributed by atoms with van der Waals surface area (Å²) in [5.74, 6) is 1.98. The molecule has 8 heteroatoms. The minimum Gasteiger partial charge on any atom is -0.494 e. The third-order valence-corrected chi connectivity index (χ3v) is 5.53. The van der Waals surface area contributed by atoms with E-state index in [1.54, 1.807) is 16.4 Å². The molecule has 2 aromatic rings. The van der Waals surface area contributed by atoms with E-state index in [0.717, 1.165) is 35.6 Å². The maximum Gasteiger partial charge on any atom is 0.338 e. The quantitative estimate of drug-likeness (QED) is 0.347. The van der Waals surface area contributed by atoms with E-state index >= 15 is 0 Å². The number of hydrogen-bond donors (Lipinski definition) is 1. The van der Waals surface area contributed by atoms with Crippen molar-refractivity contribution in [3.05, 3.63) is 41.1 Å². The molecule has 0 spiro atoms. The number of benzene rings is 1. The molecular formula is C22H30N4O3S. The number of rotatable bonds is 9. The molecule has 1 aliphatic heterocycles. The van der Waals surface area contributed by atoms with E-state index in [2.05, 4.69) is 17.2 Å². The maximum absolute atomic E-state index is 13.0. The first kappa shape index (κ1) is 22.2. The zero-order valence-corrected chi connectivity index (χ0v) is 19.1. The number of carbonyl (C=O) groups is 1. The van der Waals surface area contributed by atoms with Crippen LogP contribution in [0.4, 0.5) is 5.95 Å². The van der Waals surface area contributed by atoms with Gasteiger partial charge in [0.15, 0.2) is 0 Å². The molecule has 0 saturated heterocycles. The lowest BCUT2D eigenvalue weighted by atomic mass is 9.95. The summed E-state index contributed by atoms with van der Waals surface area (Å²) in [7, 11) is 0. The van der Waals surface area contributed by atoms with Gasteiger partial charge >= 0.3 is 5.97 Å². The van der Waals surface area contributed by atoms with Crippen LogP contribution in [0.15, 0.2) is 40.7 Å². The standard InChI is InChI=1S/C22H30N4O3S/c1-6-8-12-30-22-24-21-23-15(5)18(20(27)29-14(3)4)19(26(21)25-22)16-10-9-11-17(13-16)28-7-2/h9-11,13-14,19H,6-8,12H2,1-5H3,(H,23,24,25). The second-order valence-electron chi connectivity index (χ2n) is 7.39. The zero-order chi connectivity index (χ0) is 21.7. The van der Waals surface area contributed by atoms with Crippen molar-refractivity contribution in [3.8, 4) is 5.75 Å². The second kappa shape index (κ2) is 10.0. The van der Waals surface area contributed by atoms with Crippen LogP contribution in [0.1, 0.15) is 59.1 Å². The van der Waals surface area contributed by atoms with Crippen molar-refractivity contribution in [3.63, 3.8) is 0 Å². The van der Waals surface area contributed by atoms with Crippen LogP contribution >= 0.6 is 11.8 Å². The Hall–Kier alpha value is -2.48. The van der Waals surface area contributed by atoms with E-state index in [9.17, 15) is 4.79 Å². The minimum absolute atomic E-state index is 0.217. The monoisotopic (exact) mass is 430 g/mol. The van der Waals surface area contributed by atoms with Crippen LogP contribution in [0, 0.1) is 0 Å². The van der Waals surface area contributed by atoms with Gasteiger partial charge in [0.25, 0.3) is 0 Å². The molecule has 3 rings (SSSR count). The van der Waals surface area contributed by atoms with E-state index in [1.807, 2.05) is 52.0 Å². The molecule has 1 aromatic heterocycles. The molecule has 0 saturated carbocycles. The second-order valence-corrected chi connectivity index (χ2v) is 8.45. The highest BCUT2D eigenvalue weighted by atomic mass is 32.2. The third kappa shape index (κ3) is 4.98. The Kier molecular flexibility index (Phi) is 7.42. The Balaban J connectivity index is 2.05. The van der Waals surface area contributed by atoms with E-state index in [-0.39, 0.29) is 12.1 Å². The topological polar surface area (TPSA) is 78.3 Å². The first-order valence-electron chi connectivity index (χ1n) is 10.4. The average molecular weight is 431 g/mol. The molecule has 1 atom stereocenters. The Bertz CT molecular complexity index is 923. The number of hydrogen-bond acceptors (Lipinski definition) is 7. The van der Waals surface area contributed by atoms with Crippen molar-refractivity contribution < 1.29 is 14.3 Å². The number of carbonyl (C=O) groups excluding carboxylic acids is 1. The molecule has 7 nitrogen and oxygen atoms in total. The molecule has 0 aliphatic carbocycles.